The molecule has 2 heterocycles. The van der Waals surface area contributed by atoms with Gasteiger partial charge in [-0.15, -0.1) is 11.8 Å². The quantitative estimate of drug-likeness (QED) is 0.546. The van der Waals surface area contributed by atoms with Crippen molar-refractivity contribution in [3.05, 3.63) is 16.9 Å². The summed E-state index contributed by atoms with van der Waals surface area (Å²) in [4.78, 5) is 4.28. The molecule has 0 bridgehead atoms. The Morgan fingerprint density at radius 3 is 3.60 bits per heavy atom. The standard InChI is InChI=1S/C6H7N3S/c1-2-10-4-5-3-8-9-6(5)7-1/h3-4H,1-2H2,(H,7,9). The maximum atomic E-state index is 4.28. The summed E-state index contributed by atoms with van der Waals surface area (Å²) in [7, 11) is 0. The van der Waals surface area contributed by atoms with E-state index in [0.717, 1.165) is 23.0 Å². The van der Waals surface area contributed by atoms with Gasteiger partial charge in [0.05, 0.1) is 12.7 Å². The Bertz CT molecular complexity index is 297. The third kappa shape index (κ3) is 0.945. The van der Waals surface area contributed by atoms with Gasteiger partial charge in [0.1, 0.15) is 0 Å². The minimum absolute atomic E-state index is 0.885. The van der Waals surface area contributed by atoms with Crippen LogP contribution in [0.1, 0.15) is 0 Å². The number of nitrogens with one attached hydrogen (secondary N) is 1. The Morgan fingerprint density at radius 2 is 2.60 bits per heavy atom. The summed E-state index contributed by atoms with van der Waals surface area (Å²) in [5, 5.41) is 9.92. The van der Waals surface area contributed by atoms with E-state index in [9.17, 15) is 0 Å². The van der Waals surface area contributed by atoms with Crippen LogP contribution in [0.3, 0.4) is 0 Å². The van der Waals surface area contributed by atoms with Crippen molar-refractivity contribution in [1.29, 1.82) is 0 Å². The third-order valence-corrected chi connectivity index (χ3v) is 2.18. The highest BCUT2D eigenvalue weighted by Crippen LogP contribution is 2.00. The molecule has 0 saturated heterocycles. The number of hydrogen-bond acceptors (Lipinski definition) is 3. The molecule has 0 unspecified atom stereocenters. The average molecular weight is 153 g/mol. The number of aromatic amines is 1. The minimum Gasteiger partial charge on any atom is -0.266 e. The molecule has 3 nitrogen and oxygen atoms in total. The summed E-state index contributed by atoms with van der Waals surface area (Å²) in [5.41, 5.74) is 0.921. The molecule has 0 aromatic carbocycles. The molecule has 0 fully saturated rings. The smallest absolute Gasteiger partial charge is 0.151 e. The van der Waals surface area contributed by atoms with Crippen LogP contribution in [0.25, 0.3) is 5.41 Å². The van der Waals surface area contributed by atoms with Gasteiger partial charge in [-0.3, -0.25) is 10.1 Å². The van der Waals surface area contributed by atoms with Crippen molar-refractivity contribution in [2.75, 3.05) is 12.3 Å². The van der Waals surface area contributed by atoms with Gasteiger partial charge in [-0.1, -0.05) is 0 Å². The van der Waals surface area contributed by atoms with E-state index in [0.29, 0.717) is 0 Å². The Morgan fingerprint density at radius 1 is 1.60 bits per heavy atom. The lowest BCUT2D eigenvalue weighted by molar-refractivity contribution is 0.965. The number of fused-ring (bicyclic) bond motifs is 1. The van der Waals surface area contributed by atoms with E-state index in [1.165, 1.54) is 0 Å². The topological polar surface area (TPSA) is 41.0 Å². The molecular formula is C6H7N3S. The third-order valence-electron chi connectivity index (χ3n) is 1.34. The van der Waals surface area contributed by atoms with Gasteiger partial charge in [-0.25, -0.2) is 0 Å². The van der Waals surface area contributed by atoms with E-state index in [-0.39, 0.29) is 0 Å². The van der Waals surface area contributed by atoms with Crippen molar-refractivity contribution >= 4 is 17.2 Å². The molecule has 1 aliphatic heterocycles. The molecule has 1 N–H and O–H groups in total. The van der Waals surface area contributed by atoms with Crippen LogP contribution < -0.4 is 10.7 Å². The molecule has 0 radical (unpaired) electrons. The van der Waals surface area contributed by atoms with E-state index >= 15 is 0 Å². The fraction of sp³-hybridized carbons (Fsp3) is 0.333. The van der Waals surface area contributed by atoms with Gasteiger partial charge in [0, 0.05) is 11.0 Å². The van der Waals surface area contributed by atoms with Crippen molar-refractivity contribution in [1.82, 2.24) is 10.2 Å². The fourth-order valence-electron chi connectivity index (χ4n) is 0.860. The van der Waals surface area contributed by atoms with Crippen molar-refractivity contribution in [2.45, 2.75) is 0 Å². The average Bonchev–Trinajstić information content (AvgIpc) is 2.28. The van der Waals surface area contributed by atoms with E-state index in [2.05, 4.69) is 20.6 Å². The molecular weight excluding hydrogens is 146 g/mol. The molecule has 1 aliphatic rings. The van der Waals surface area contributed by atoms with Crippen LogP contribution in [-0.4, -0.2) is 22.5 Å². The molecule has 1 aromatic rings. The van der Waals surface area contributed by atoms with Crippen LogP contribution in [0.15, 0.2) is 11.2 Å². The summed E-state index contributed by atoms with van der Waals surface area (Å²) in [6.45, 7) is 0.885. The Hall–Kier alpha value is -0.770. The predicted octanol–water partition coefficient (Wildman–Crippen LogP) is -0.486. The van der Waals surface area contributed by atoms with Gasteiger partial charge in [0.2, 0.25) is 0 Å². The molecule has 0 amide bonds. The van der Waals surface area contributed by atoms with Crippen LogP contribution in [-0.2, 0) is 0 Å². The molecule has 2 rings (SSSR count). The summed E-state index contributed by atoms with van der Waals surface area (Å²) in [5.74, 6) is 1.07. The summed E-state index contributed by atoms with van der Waals surface area (Å²) in [6, 6.07) is 0. The molecule has 0 aliphatic carbocycles. The van der Waals surface area contributed by atoms with E-state index in [1.54, 1.807) is 18.0 Å². The minimum atomic E-state index is 0.885. The van der Waals surface area contributed by atoms with Gasteiger partial charge in [-0.2, -0.15) is 5.10 Å². The van der Waals surface area contributed by atoms with Gasteiger partial charge < -0.3 is 0 Å². The first-order valence-electron chi connectivity index (χ1n) is 3.12. The molecule has 4 heteroatoms. The molecule has 10 heavy (non-hydrogen) atoms. The van der Waals surface area contributed by atoms with E-state index in [1.807, 2.05) is 0 Å². The van der Waals surface area contributed by atoms with Crippen LogP contribution in [0.5, 0.6) is 0 Å². The van der Waals surface area contributed by atoms with Crippen molar-refractivity contribution in [3.8, 4) is 0 Å². The first-order chi connectivity index (χ1) is 4.97. The van der Waals surface area contributed by atoms with Gasteiger partial charge in [0.15, 0.2) is 5.49 Å². The molecule has 0 saturated carbocycles. The van der Waals surface area contributed by atoms with Crippen LogP contribution in [0.4, 0.5) is 0 Å². The Labute approximate surface area is 62.2 Å². The second-order valence-corrected chi connectivity index (χ2v) is 3.02. The zero-order valence-corrected chi connectivity index (χ0v) is 6.19. The first-order valence-corrected chi connectivity index (χ1v) is 4.17. The van der Waals surface area contributed by atoms with Crippen LogP contribution >= 0.6 is 11.8 Å². The van der Waals surface area contributed by atoms with Crippen molar-refractivity contribution < 1.29 is 0 Å². The SMILES string of the molecule is C1=c2cn[nH]c2=NCCS1. The molecule has 0 atom stereocenters. The maximum Gasteiger partial charge on any atom is 0.151 e. The number of rotatable bonds is 0. The lowest BCUT2D eigenvalue weighted by atomic mass is 10.5. The number of H-pyrrole nitrogens is 1. The number of aromatic nitrogens is 2. The van der Waals surface area contributed by atoms with E-state index in [4.69, 9.17) is 0 Å². The number of hydrogen-bond donors (Lipinski definition) is 1. The van der Waals surface area contributed by atoms with Crippen molar-refractivity contribution in [2.24, 2.45) is 4.99 Å². The zero-order valence-electron chi connectivity index (χ0n) is 5.37. The maximum absolute atomic E-state index is 4.28. The fourth-order valence-corrected chi connectivity index (χ4v) is 1.53. The Balaban J connectivity index is 2.72. The lowest BCUT2D eigenvalue weighted by Gasteiger charge is -1.83. The van der Waals surface area contributed by atoms with E-state index < -0.39 is 0 Å². The van der Waals surface area contributed by atoms with Crippen molar-refractivity contribution in [3.63, 3.8) is 0 Å². The molecule has 1 aromatic heterocycles. The monoisotopic (exact) mass is 153 g/mol. The summed E-state index contributed by atoms with van der Waals surface area (Å²) >= 11 is 1.78. The largest absolute Gasteiger partial charge is 0.266 e. The van der Waals surface area contributed by atoms with Gasteiger partial charge in [0.25, 0.3) is 0 Å². The molecule has 52 valence electrons. The normalized spacial score (nSPS) is 16.4. The zero-order chi connectivity index (χ0) is 6.81. The Kier molecular flexibility index (Phi) is 1.47. The first kappa shape index (κ1) is 5.97. The second kappa shape index (κ2) is 2.46. The van der Waals surface area contributed by atoms with Crippen LogP contribution in [0, 0.1) is 0 Å². The lowest BCUT2D eigenvalue weighted by Crippen LogP contribution is -2.21. The highest BCUT2D eigenvalue weighted by molar-refractivity contribution is 8.06. The predicted molar refractivity (Wildman–Crippen MR) is 41.2 cm³/mol. The number of thioether (sulfide) groups is 1. The van der Waals surface area contributed by atoms with Crippen LogP contribution in [0.2, 0.25) is 0 Å². The van der Waals surface area contributed by atoms with Gasteiger partial charge >= 0.3 is 0 Å². The summed E-state index contributed by atoms with van der Waals surface area (Å²) < 4.78 is 0. The second-order valence-electron chi connectivity index (χ2n) is 2.04. The van der Waals surface area contributed by atoms with Gasteiger partial charge in [-0.05, 0) is 5.41 Å². The summed E-state index contributed by atoms with van der Waals surface area (Å²) in [6.07, 6.45) is 1.80. The highest BCUT2D eigenvalue weighted by atomic mass is 32.2. The molecule has 0 spiro atoms. The number of nitrogens with zero attached hydrogens (tertiary/aromatic N) is 2. The highest BCUT2D eigenvalue weighted by Gasteiger charge is 1.93.